The summed E-state index contributed by atoms with van der Waals surface area (Å²) in [6.07, 6.45) is -0.461. The van der Waals surface area contributed by atoms with E-state index in [9.17, 15) is 0 Å². The molecule has 0 aromatic heterocycles. The van der Waals surface area contributed by atoms with Crippen LogP contribution in [0.15, 0.2) is 0 Å². The minimum Gasteiger partial charge on any atom is -0.381 e. The summed E-state index contributed by atoms with van der Waals surface area (Å²) >= 11 is 0. The van der Waals surface area contributed by atoms with Crippen molar-refractivity contribution in [3.05, 3.63) is 0 Å². The lowest BCUT2D eigenvalue weighted by molar-refractivity contribution is 0.253. The fraction of sp³-hybridized carbons (Fsp3) is 0.714. The van der Waals surface area contributed by atoms with Crippen molar-refractivity contribution >= 4 is 8.07 Å². The van der Waals surface area contributed by atoms with E-state index in [1.165, 1.54) is 0 Å². The second-order valence-corrected chi connectivity index (χ2v) is 7.95. The van der Waals surface area contributed by atoms with Crippen molar-refractivity contribution in [2.45, 2.75) is 32.7 Å². The van der Waals surface area contributed by atoms with Crippen molar-refractivity contribution in [2.75, 3.05) is 0 Å². The van der Waals surface area contributed by atoms with Crippen LogP contribution in [-0.2, 0) is 0 Å². The zero-order valence-corrected chi connectivity index (χ0v) is 7.52. The van der Waals surface area contributed by atoms with E-state index >= 15 is 0 Å². The summed E-state index contributed by atoms with van der Waals surface area (Å²) in [4.78, 5) is 0. The molecule has 0 aliphatic rings. The summed E-state index contributed by atoms with van der Waals surface area (Å²) in [6, 6.07) is 0. The van der Waals surface area contributed by atoms with Gasteiger partial charge < -0.3 is 5.11 Å². The van der Waals surface area contributed by atoms with E-state index < -0.39 is 14.2 Å². The van der Waals surface area contributed by atoms with Gasteiger partial charge in [0.25, 0.3) is 0 Å². The minimum atomic E-state index is -1.24. The van der Waals surface area contributed by atoms with E-state index in [-0.39, 0.29) is 0 Å². The molecule has 1 nitrogen and oxygen atoms in total. The highest BCUT2D eigenvalue weighted by atomic mass is 28.3. The smallest absolute Gasteiger partial charge is 0.129 e. The lowest BCUT2D eigenvalue weighted by Crippen LogP contribution is -2.17. The van der Waals surface area contributed by atoms with Crippen LogP contribution in [0.2, 0.25) is 19.6 Å². The lowest BCUT2D eigenvalue weighted by atomic mass is 10.4. The Bertz CT molecular complexity index is 133. The molecule has 0 heterocycles. The van der Waals surface area contributed by atoms with Crippen LogP contribution in [0.3, 0.4) is 0 Å². The molecule has 0 rings (SSSR count). The summed E-state index contributed by atoms with van der Waals surface area (Å²) in [7, 11) is -1.24. The van der Waals surface area contributed by atoms with E-state index in [2.05, 4.69) is 31.1 Å². The van der Waals surface area contributed by atoms with E-state index in [4.69, 9.17) is 5.11 Å². The molecule has 0 aliphatic carbocycles. The van der Waals surface area contributed by atoms with E-state index in [1.807, 2.05) is 0 Å². The second-order valence-electron chi connectivity index (χ2n) is 3.20. The first-order valence-corrected chi connectivity index (χ1v) is 6.62. The fourth-order valence-electron chi connectivity index (χ4n) is 0.321. The van der Waals surface area contributed by atoms with Gasteiger partial charge in [-0.1, -0.05) is 25.6 Å². The average molecular weight is 142 g/mol. The first-order chi connectivity index (χ1) is 3.92. The van der Waals surface area contributed by atoms with Gasteiger partial charge in [-0.3, -0.25) is 0 Å². The maximum atomic E-state index is 8.76. The molecular formula is C7H14OSi. The monoisotopic (exact) mass is 142 g/mol. The number of hydrogen-bond acceptors (Lipinski definition) is 1. The number of aliphatic hydroxyl groups is 1. The molecule has 9 heavy (non-hydrogen) atoms. The third-order valence-corrected chi connectivity index (χ3v) is 1.55. The number of aliphatic hydroxyl groups excluding tert-OH is 1. The Morgan fingerprint density at radius 2 is 1.78 bits per heavy atom. The van der Waals surface area contributed by atoms with Gasteiger partial charge in [0, 0.05) is 0 Å². The van der Waals surface area contributed by atoms with Gasteiger partial charge in [0.2, 0.25) is 0 Å². The molecule has 52 valence electrons. The molecule has 0 unspecified atom stereocenters. The zero-order chi connectivity index (χ0) is 7.49. The standard InChI is InChI=1S/C7H14OSi/c1-7(8)5-6-9(2,3)4/h7-8H,1-4H3/t7-/m0/s1. The number of hydrogen-bond donors (Lipinski definition) is 1. The third kappa shape index (κ3) is 7.74. The summed E-state index contributed by atoms with van der Waals surface area (Å²) < 4.78 is 0. The molecule has 0 amide bonds. The van der Waals surface area contributed by atoms with Gasteiger partial charge in [0.1, 0.15) is 14.2 Å². The van der Waals surface area contributed by atoms with Crippen molar-refractivity contribution in [3.63, 3.8) is 0 Å². The van der Waals surface area contributed by atoms with Crippen LogP contribution in [0, 0.1) is 11.5 Å². The maximum absolute atomic E-state index is 8.76. The highest BCUT2D eigenvalue weighted by Crippen LogP contribution is 1.96. The quantitative estimate of drug-likeness (QED) is 0.398. The van der Waals surface area contributed by atoms with Gasteiger partial charge in [-0.25, -0.2) is 0 Å². The highest BCUT2D eigenvalue weighted by molar-refractivity contribution is 6.83. The summed E-state index contributed by atoms with van der Waals surface area (Å²) in [5.74, 6) is 2.75. The predicted molar refractivity (Wildman–Crippen MR) is 42.8 cm³/mol. The SMILES string of the molecule is C[C@H](O)C#C[Si](C)(C)C. The molecular weight excluding hydrogens is 128 g/mol. The lowest BCUT2D eigenvalue weighted by Gasteiger charge is -2.03. The Hall–Kier alpha value is -0.263. The molecule has 0 saturated heterocycles. The van der Waals surface area contributed by atoms with Gasteiger partial charge in [-0.2, -0.15) is 0 Å². The Labute approximate surface area is 58.1 Å². The first-order valence-electron chi connectivity index (χ1n) is 3.12. The molecule has 0 aromatic rings. The normalized spacial score (nSPS) is 13.9. The molecule has 0 bridgehead atoms. The zero-order valence-electron chi connectivity index (χ0n) is 6.52. The summed E-state index contributed by atoms with van der Waals surface area (Å²) in [5.41, 5.74) is 3.06. The molecule has 0 radical (unpaired) electrons. The van der Waals surface area contributed by atoms with E-state index in [1.54, 1.807) is 6.92 Å². The van der Waals surface area contributed by atoms with Crippen LogP contribution in [0.4, 0.5) is 0 Å². The topological polar surface area (TPSA) is 20.2 Å². The highest BCUT2D eigenvalue weighted by Gasteiger charge is 2.07. The van der Waals surface area contributed by atoms with Crippen LogP contribution in [0.25, 0.3) is 0 Å². The Morgan fingerprint density at radius 3 is 1.89 bits per heavy atom. The van der Waals surface area contributed by atoms with Crippen LogP contribution in [-0.4, -0.2) is 19.3 Å². The molecule has 2 heteroatoms. The first kappa shape index (κ1) is 8.74. The van der Waals surface area contributed by atoms with Crippen molar-refractivity contribution in [2.24, 2.45) is 0 Å². The largest absolute Gasteiger partial charge is 0.381 e. The second kappa shape index (κ2) is 3.05. The summed E-state index contributed by atoms with van der Waals surface area (Å²) in [6.45, 7) is 8.15. The fourth-order valence-corrected chi connectivity index (χ4v) is 0.963. The number of rotatable bonds is 0. The molecule has 0 saturated carbocycles. The predicted octanol–water partition coefficient (Wildman–Crippen LogP) is 1.25. The Balaban J connectivity index is 3.88. The van der Waals surface area contributed by atoms with E-state index in [0.717, 1.165) is 0 Å². The van der Waals surface area contributed by atoms with Gasteiger partial charge in [-0.05, 0) is 6.92 Å². The van der Waals surface area contributed by atoms with Gasteiger partial charge >= 0.3 is 0 Å². The Morgan fingerprint density at radius 1 is 1.33 bits per heavy atom. The van der Waals surface area contributed by atoms with Crippen LogP contribution >= 0.6 is 0 Å². The van der Waals surface area contributed by atoms with Gasteiger partial charge in [0.15, 0.2) is 0 Å². The van der Waals surface area contributed by atoms with Crippen LogP contribution in [0.1, 0.15) is 6.92 Å². The van der Waals surface area contributed by atoms with Crippen LogP contribution in [0.5, 0.6) is 0 Å². The average Bonchev–Trinajstić information content (AvgIpc) is 1.59. The van der Waals surface area contributed by atoms with Gasteiger partial charge in [-0.15, -0.1) is 5.54 Å². The minimum absolute atomic E-state index is 0.461. The molecule has 0 aromatic carbocycles. The molecule has 0 fully saturated rings. The molecule has 1 atom stereocenters. The summed E-state index contributed by atoms with van der Waals surface area (Å²) in [5, 5.41) is 8.76. The van der Waals surface area contributed by atoms with Crippen molar-refractivity contribution in [1.82, 2.24) is 0 Å². The molecule has 0 spiro atoms. The van der Waals surface area contributed by atoms with Crippen molar-refractivity contribution in [1.29, 1.82) is 0 Å². The van der Waals surface area contributed by atoms with Crippen molar-refractivity contribution in [3.8, 4) is 11.5 Å². The maximum Gasteiger partial charge on any atom is 0.129 e. The Kier molecular flexibility index (Phi) is 2.96. The third-order valence-electron chi connectivity index (χ3n) is 0.656. The van der Waals surface area contributed by atoms with Crippen LogP contribution < -0.4 is 0 Å². The molecule has 1 N–H and O–H groups in total. The van der Waals surface area contributed by atoms with E-state index in [0.29, 0.717) is 0 Å². The molecule has 0 aliphatic heterocycles. The van der Waals surface area contributed by atoms with Gasteiger partial charge in [0.05, 0.1) is 0 Å². The van der Waals surface area contributed by atoms with Crippen molar-refractivity contribution < 1.29 is 5.11 Å².